The number of fused-ring (bicyclic) bond motifs is 5. The molecule has 0 unspecified atom stereocenters. The van der Waals surface area contributed by atoms with Gasteiger partial charge in [-0.25, -0.2) is 5.06 Å². The molecule has 2 aliphatic rings. The topological polar surface area (TPSA) is 24.9 Å². The largest absolute Gasteiger partial charge is 0.455 e. The van der Waals surface area contributed by atoms with Crippen LogP contribution in [0.15, 0.2) is 42.5 Å². The second-order valence-corrected chi connectivity index (χ2v) is 7.44. The van der Waals surface area contributed by atoms with Crippen molar-refractivity contribution < 1.29 is 9.57 Å². The van der Waals surface area contributed by atoms with Gasteiger partial charge in [-0.3, -0.25) is 4.84 Å². The second-order valence-electron chi connectivity index (χ2n) is 7.00. The summed E-state index contributed by atoms with van der Waals surface area (Å²) in [5.41, 5.74) is 2.08. The lowest BCUT2D eigenvalue weighted by molar-refractivity contribution is 0.0749. The van der Waals surface area contributed by atoms with E-state index in [0.29, 0.717) is 5.02 Å². The molecule has 4 nitrogen and oxygen atoms in total. The first-order chi connectivity index (χ1) is 12.1. The van der Waals surface area contributed by atoms with Gasteiger partial charge >= 0.3 is 0 Å². The Morgan fingerprint density at radius 3 is 2.84 bits per heavy atom. The van der Waals surface area contributed by atoms with Crippen LogP contribution in [-0.4, -0.2) is 31.6 Å². The molecular formula is C20H23ClN2O2. The zero-order chi connectivity index (χ0) is 17.4. The van der Waals surface area contributed by atoms with Gasteiger partial charge in [-0.05, 0) is 57.7 Å². The molecule has 0 radical (unpaired) electrons. The van der Waals surface area contributed by atoms with Crippen molar-refractivity contribution >= 4 is 17.3 Å². The van der Waals surface area contributed by atoms with Crippen molar-refractivity contribution in [1.82, 2.24) is 4.90 Å². The van der Waals surface area contributed by atoms with Gasteiger partial charge in [0, 0.05) is 17.0 Å². The van der Waals surface area contributed by atoms with Crippen molar-refractivity contribution in [2.75, 3.05) is 25.7 Å². The third-order valence-corrected chi connectivity index (χ3v) is 5.05. The maximum atomic E-state index is 6.34. The number of para-hydroxylation sites is 1. The summed E-state index contributed by atoms with van der Waals surface area (Å²) >= 11 is 6.24. The Bertz CT molecular complexity index is 765. The third-order valence-electron chi connectivity index (χ3n) is 4.82. The zero-order valence-corrected chi connectivity index (χ0v) is 15.4. The molecular weight excluding hydrogens is 336 g/mol. The predicted octanol–water partition coefficient (Wildman–Crippen LogP) is 5.04. The van der Waals surface area contributed by atoms with Crippen LogP contribution in [0.5, 0.6) is 11.5 Å². The van der Waals surface area contributed by atoms with Crippen LogP contribution >= 0.6 is 11.6 Å². The smallest absolute Gasteiger partial charge is 0.153 e. The molecule has 4 rings (SSSR count). The normalized spacial score (nSPS) is 21.4. The zero-order valence-electron chi connectivity index (χ0n) is 14.6. The first-order valence-corrected chi connectivity index (χ1v) is 9.16. The minimum Gasteiger partial charge on any atom is -0.455 e. The molecule has 0 aromatic heterocycles. The molecule has 0 bridgehead atoms. The second kappa shape index (κ2) is 6.87. The number of ether oxygens (including phenoxy) is 1. The molecule has 2 heterocycles. The Hall–Kier alpha value is -1.75. The quantitative estimate of drug-likeness (QED) is 0.764. The van der Waals surface area contributed by atoms with Crippen molar-refractivity contribution in [3.63, 3.8) is 0 Å². The summed E-state index contributed by atoms with van der Waals surface area (Å²) in [6.45, 7) is 1.08. The van der Waals surface area contributed by atoms with E-state index in [1.807, 2.05) is 35.4 Å². The summed E-state index contributed by atoms with van der Waals surface area (Å²) in [6, 6.07) is 14.1. The van der Waals surface area contributed by atoms with Gasteiger partial charge in [-0.2, -0.15) is 0 Å². The SMILES string of the molecule is CN(C)CCC[C@H]1C[C@@H]2c3ccccc3Oc3ccc(Cl)cc3N2O1. The molecule has 0 saturated carbocycles. The molecule has 2 aromatic rings. The monoisotopic (exact) mass is 358 g/mol. The van der Waals surface area contributed by atoms with Crippen LogP contribution < -0.4 is 9.80 Å². The van der Waals surface area contributed by atoms with Crippen LogP contribution in [0.2, 0.25) is 5.02 Å². The lowest BCUT2D eigenvalue weighted by Gasteiger charge is -2.23. The van der Waals surface area contributed by atoms with Crippen molar-refractivity contribution in [2.24, 2.45) is 0 Å². The molecule has 0 amide bonds. The molecule has 132 valence electrons. The highest BCUT2D eigenvalue weighted by atomic mass is 35.5. The van der Waals surface area contributed by atoms with Crippen molar-refractivity contribution in [2.45, 2.75) is 31.4 Å². The molecule has 1 saturated heterocycles. The minimum atomic E-state index is 0.153. The first kappa shape index (κ1) is 16.7. The van der Waals surface area contributed by atoms with E-state index in [9.17, 15) is 0 Å². The molecule has 5 heteroatoms. The summed E-state index contributed by atoms with van der Waals surface area (Å²) in [5.74, 6) is 1.68. The number of nitrogens with zero attached hydrogens (tertiary/aromatic N) is 2. The fourth-order valence-electron chi connectivity index (χ4n) is 3.62. The van der Waals surface area contributed by atoms with E-state index in [1.54, 1.807) is 0 Å². The molecule has 2 aromatic carbocycles. The fourth-order valence-corrected chi connectivity index (χ4v) is 3.79. The molecule has 2 atom stereocenters. The van der Waals surface area contributed by atoms with E-state index in [4.69, 9.17) is 21.2 Å². The highest BCUT2D eigenvalue weighted by Crippen LogP contribution is 2.50. The van der Waals surface area contributed by atoms with E-state index in [0.717, 1.165) is 43.0 Å². The highest BCUT2D eigenvalue weighted by Gasteiger charge is 2.39. The molecule has 0 aliphatic carbocycles. The maximum Gasteiger partial charge on any atom is 0.153 e. The van der Waals surface area contributed by atoms with Crippen LogP contribution in [0.25, 0.3) is 0 Å². The average molecular weight is 359 g/mol. The van der Waals surface area contributed by atoms with E-state index in [-0.39, 0.29) is 12.1 Å². The minimum absolute atomic E-state index is 0.153. The number of rotatable bonds is 4. The molecule has 25 heavy (non-hydrogen) atoms. The van der Waals surface area contributed by atoms with Gasteiger partial charge in [0.05, 0.1) is 12.1 Å². The van der Waals surface area contributed by atoms with Crippen LogP contribution in [-0.2, 0) is 4.84 Å². The number of hydrogen-bond acceptors (Lipinski definition) is 4. The van der Waals surface area contributed by atoms with Gasteiger partial charge in [-0.15, -0.1) is 0 Å². The third kappa shape index (κ3) is 3.34. The average Bonchev–Trinajstić information content (AvgIpc) is 2.95. The maximum absolute atomic E-state index is 6.34. The first-order valence-electron chi connectivity index (χ1n) is 8.79. The fraction of sp³-hybridized carbons (Fsp3) is 0.400. The van der Waals surface area contributed by atoms with Crippen LogP contribution in [0, 0.1) is 0 Å². The highest BCUT2D eigenvalue weighted by molar-refractivity contribution is 6.30. The number of halogens is 1. The number of hydrogen-bond donors (Lipinski definition) is 0. The summed E-state index contributed by atoms with van der Waals surface area (Å²) in [5, 5.41) is 2.69. The van der Waals surface area contributed by atoms with Gasteiger partial charge in [0.2, 0.25) is 0 Å². The Labute approximate surface area is 153 Å². The van der Waals surface area contributed by atoms with Gasteiger partial charge < -0.3 is 9.64 Å². The van der Waals surface area contributed by atoms with Gasteiger partial charge in [0.1, 0.15) is 11.4 Å². The summed E-state index contributed by atoms with van der Waals surface area (Å²) in [6.07, 6.45) is 3.34. The van der Waals surface area contributed by atoms with E-state index < -0.39 is 0 Å². The summed E-state index contributed by atoms with van der Waals surface area (Å²) < 4.78 is 6.15. The van der Waals surface area contributed by atoms with E-state index >= 15 is 0 Å². The van der Waals surface area contributed by atoms with Gasteiger partial charge in [0.15, 0.2) is 5.75 Å². The van der Waals surface area contributed by atoms with Crippen molar-refractivity contribution in [1.29, 1.82) is 0 Å². The van der Waals surface area contributed by atoms with Gasteiger partial charge in [0.25, 0.3) is 0 Å². The Balaban J connectivity index is 1.66. The summed E-state index contributed by atoms with van der Waals surface area (Å²) in [7, 11) is 4.21. The molecule has 2 aliphatic heterocycles. The lowest BCUT2D eigenvalue weighted by atomic mass is 9.98. The summed E-state index contributed by atoms with van der Waals surface area (Å²) in [4.78, 5) is 8.56. The molecule has 0 spiro atoms. The Morgan fingerprint density at radius 2 is 2.00 bits per heavy atom. The number of benzene rings is 2. The Morgan fingerprint density at radius 1 is 1.16 bits per heavy atom. The Kier molecular flexibility index (Phi) is 4.59. The molecule has 1 fully saturated rings. The number of anilines is 1. The van der Waals surface area contributed by atoms with Gasteiger partial charge in [-0.1, -0.05) is 29.8 Å². The predicted molar refractivity (Wildman–Crippen MR) is 100 cm³/mol. The van der Waals surface area contributed by atoms with E-state index in [2.05, 4.69) is 31.1 Å². The van der Waals surface area contributed by atoms with Crippen LogP contribution in [0.4, 0.5) is 5.69 Å². The number of hydroxylamine groups is 1. The van der Waals surface area contributed by atoms with Crippen molar-refractivity contribution in [3.8, 4) is 11.5 Å². The van der Waals surface area contributed by atoms with Crippen LogP contribution in [0.3, 0.4) is 0 Å². The standard InChI is InChI=1S/C20H23ClN2O2/c1-22(2)11-5-6-15-13-17-16-7-3-4-8-19(16)24-20-10-9-14(21)12-18(20)23(17)25-15/h3-4,7-10,12,15,17H,5-6,11,13H2,1-2H3/t15-,17+/m0/s1. The lowest BCUT2D eigenvalue weighted by Crippen LogP contribution is -2.21. The van der Waals surface area contributed by atoms with Crippen molar-refractivity contribution in [3.05, 3.63) is 53.1 Å². The van der Waals surface area contributed by atoms with Crippen LogP contribution in [0.1, 0.15) is 30.9 Å². The van der Waals surface area contributed by atoms with E-state index in [1.165, 1.54) is 5.56 Å². The molecule has 0 N–H and O–H groups in total.